The number of methoxy groups -OCH3 is 1. The van der Waals surface area contributed by atoms with Crippen molar-refractivity contribution in [2.24, 2.45) is 0 Å². The van der Waals surface area contributed by atoms with Crippen LogP contribution in [0.25, 0.3) is 0 Å². The van der Waals surface area contributed by atoms with Gasteiger partial charge in [0.25, 0.3) is 0 Å². The summed E-state index contributed by atoms with van der Waals surface area (Å²) in [6, 6.07) is 16.2. The minimum Gasteiger partial charge on any atom is -0.497 e. The van der Waals surface area contributed by atoms with Crippen LogP contribution in [0.15, 0.2) is 59.5 Å². The van der Waals surface area contributed by atoms with Crippen LogP contribution < -0.4 is 9.46 Å². The van der Waals surface area contributed by atoms with Gasteiger partial charge in [-0.1, -0.05) is 30.3 Å². The number of hydrogen-bond donors (Lipinski definition) is 2. The molecule has 0 saturated heterocycles. The number of benzene rings is 2. The second kappa shape index (κ2) is 5.86. The summed E-state index contributed by atoms with van der Waals surface area (Å²) in [6.45, 7) is 0.376. The predicted octanol–water partition coefficient (Wildman–Crippen LogP) is 2.81. The van der Waals surface area contributed by atoms with Gasteiger partial charge in [0.15, 0.2) is 0 Å². The maximum absolute atomic E-state index is 12.2. The lowest BCUT2D eigenvalue weighted by atomic mass is 10.2. The summed E-state index contributed by atoms with van der Waals surface area (Å²) in [6.07, 6.45) is 0. The van der Waals surface area contributed by atoms with E-state index < -0.39 is 9.92 Å². The van der Waals surface area contributed by atoms with Crippen molar-refractivity contribution in [2.75, 3.05) is 7.11 Å². The Morgan fingerprint density at radius 3 is 2.32 bits per heavy atom. The van der Waals surface area contributed by atoms with Crippen LogP contribution in [0.4, 0.5) is 0 Å². The molecule has 0 heterocycles. The highest BCUT2D eigenvalue weighted by Gasteiger charge is 2.08. The molecule has 0 amide bonds. The van der Waals surface area contributed by atoms with Crippen molar-refractivity contribution in [3.8, 4) is 5.75 Å². The van der Waals surface area contributed by atoms with Crippen LogP contribution in [0.2, 0.25) is 0 Å². The quantitative estimate of drug-likeness (QED) is 0.882. The Bertz CT molecular complexity index is 622. The summed E-state index contributed by atoms with van der Waals surface area (Å²) >= 11 is 0. The first-order valence-electron chi connectivity index (χ1n) is 5.83. The van der Waals surface area contributed by atoms with Gasteiger partial charge in [0.2, 0.25) is 0 Å². The molecule has 0 spiro atoms. The average molecular weight is 276 g/mol. The molecule has 0 fully saturated rings. The number of hydrogen-bond acceptors (Lipinski definition) is 3. The highest BCUT2D eigenvalue weighted by Crippen LogP contribution is 2.13. The highest BCUT2D eigenvalue weighted by molar-refractivity contribution is 7.90. The molecule has 0 aromatic heterocycles. The van der Waals surface area contributed by atoms with E-state index in [2.05, 4.69) is 4.72 Å². The maximum Gasteiger partial charge on any atom is 0.134 e. The maximum atomic E-state index is 12.2. The van der Waals surface area contributed by atoms with Crippen molar-refractivity contribution in [3.05, 3.63) is 60.2 Å². The Morgan fingerprint density at radius 2 is 1.74 bits per heavy atom. The summed E-state index contributed by atoms with van der Waals surface area (Å²) in [5, 5.41) is 0. The zero-order valence-corrected chi connectivity index (χ0v) is 11.4. The van der Waals surface area contributed by atoms with Crippen molar-refractivity contribution < 1.29 is 8.95 Å². The van der Waals surface area contributed by atoms with Gasteiger partial charge in [0, 0.05) is 6.54 Å². The lowest BCUT2D eigenvalue weighted by Crippen LogP contribution is -2.21. The third-order valence-electron chi connectivity index (χ3n) is 2.71. The van der Waals surface area contributed by atoms with Crippen LogP contribution in [-0.4, -0.2) is 11.3 Å². The van der Waals surface area contributed by atoms with E-state index in [1.807, 2.05) is 30.3 Å². The van der Waals surface area contributed by atoms with E-state index >= 15 is 0 Å². The van der Waals surface area contributed by atoms with Gasteiger partial charge in [-0.25, -0.2) is 13.7 Å². The average Bonchev–Trinajstić information content (AvgIpc) is 2.47. The van der Waals surface area contributed by atoms with Gasteiger partial charge in [-0.2, -0.15) is 0 Å². The van der Waals surface area contributed by atoms with E-state index in [0.717, 1.165) is 11.3 Å². The molecule has 0 radical (unpaired) electrons. The molecule has 0 aliphatic heterocycles. The third kappa shape index (κ3) is 3.56. The Balaban J connectivity index is 2.05. The summed E-state index contributed by atoms with van der Waals surface area (Å²) < 4.78 is 28.0. The molecule has 4 nitrogen and oxygen atoms in total. The van der Waals surface area contributed by atoms with E-state index in [-0.39, 0.29) is 0 Å². The predicted molar refractivity (Wildman–Crippen MR) is 75.4 cm³/mol. The molecule has 1 unspecified atom stereocenters. The molecule has 0 saturated carbocycles. The number of nitrogens with one attached hydrogen (secondary N) is 2. The van der Waals surface area contributed by atoms with E-state index in [1.165, 1.54) is 0 Å². The van der Waals surface area contributed by atoms with Gasteiger partial charge in [0.1, 0.15) is 15.7 Å². The first-order chi connectivity index (χ1) is 9.12. The lowest BCUT2D eigenvalue weighted by Gasteiger charge is -2.10. The molecule has 0 aliphatic rings. The fraction of sp³-hybridized carbons (Fsp3) is 0.143. The van der Waals surface area contributed by atoms with Crippen LogP contribution in [-0.2, 0) is 16.5 Å². The molecule has 2 N–H and O–H groups in total. The smallest absolute Gasteiger partial charge is 0.134 e. The molecule has 5 heteroatoms. The van der Waals surface area contributed by atoms with E-state index in [9.17, 15) is 4.21 Å². The largest absolute Gasteiger partial charge is 0.497 e. The monoisotopic (exact) mass is 276 g/mol. The standard InChI is InChI=1S/C14H16N2O2S/c1-18-13-9-7-12(8-10-13)11-16-19(15,17)14-5-3-2-4-6-14/h2-10H,11H2,1H3,(H2,15,16,17). The van der Waals surface area contributed by atoms with Crippen LogP contribution >= 0.6 is 0 Å². The minimum atomic E-state index is -2.96. The van der Waals surface area contributed by atoms with Crippen LogP contribution in [0.3, 0.4) is 0 Å². The van der Waals surface area contributed by atoms with Gasteiger partial charge < -0.3 is 4.74 Å². The molecular formula is C14H16N2O2S. The Morgan fingerprint density at radius 1 is 1.11 bits per heavy atom. The van der Waals surface area contributed by atoms with Crippen LogP contribution in [0.1, 0.15) is 5.56 Å². The highest BCUT2D eigenvalue weighted by atomic mass is 32.2. The third-order valence-corrected chi connectivity index (χ3v) is 4.20. The molecule has 2 rings (SSSR count). The van der Waals surface area contributed by atoms with Crippen molar-refractivity contribution in [1.29, 1.82) is 4.78 Å². The minimum absolute atomic E-state index is 0.376. The molecule has 2 aromatic carbocycles. The lowest BCUT2D eigenvalue weighted by molar-refractivity contribution is 0.414. The molecule has 19 heavy (non-hydrogen) atoms. The first kappa shape index (κ1) is 13.6. The first-order valence-corrected chi connectivity index (χ1v) is 7.39. The van der Waals surface area contributed by atoms with Gasteiger partial charge in [0.05, 0.1) is 12.0 Å². The fourth-order valence-corrected chi connectivity index (χ4v) is 2.70. The molecule has 100 valence electrons. The summed E-state index contributed by atoms with van der Waals surface area (Å²) in [5.41, 5.74) is 0.955. The Kier molecular flexibility index (Phi) is 4.19. The number of ether oxygens (including phenoxy) is 1. The Hall–Kier alpha value is -1.85. The fourth-order valence-electron chi connectivity index (χ4n) is 1.62. The van der Waals surface area contributed by atoms with Crippen LogP contribution in [0.5, 0.6) is 5.75 Å². The van der Waals surface area contributed by atoms with Crippen molar-refractivity contribution in [2.45, 2.75) is 11.4 Å². The molecule has 1 atom stereocenters. The number of rotatable bonds is 5. The van der Waals surface area contributed by atoms with Crippen molar-refractivity contribution in [1.82, 2.24) is 4.72 Å². The molecule has 0 bridgehead atoms. The van der Waals surface area contributed by atoms with E-state index in [4.69, 9.17) is 9.52 Å². The summed E-state index contributed by atoms with van der Waals surface area (Å²) in [5.74, 6) is 0.776. The topological polar surface area (TPSA) is 62.2 Å². The summed E-state index contributed by atoms with van der Waals surface area (Å²) in [7, 11) is -1.35. The molecule has 2 aromatic rings. The van der Waals surface area contributed by atoms with Gasteiger partial charge in [-0.3, -0.25) is 0 Å². The van der Waals surface area contributed by atoms with Crippen LogP contribution in [0, 0.1) is 4.78 Å². The van der Waals surface area contributed by atoms with Gasteiger partial charge in [-0.15, -0.1) is 0 Å². The normalized spacial score (nSPS) is 13.7. The Labute approximate surface area is 113 Å². The SMILES string of the molecule is COc1ccc(CNS(=N)(=O)c2ccccc2)cc1. The molecular weight excluding hydrogens is 260 g/mol. The van der Waals surface area contributed by atoms with Crippen molar-refractivity contribution >= 4 is 9.92 Å². The zero-order chi connectivity index (χ0) is 13.7. The van der Waals surface area contributed by atoms with E-state index in [1.54, 1.807) is 31.4 Å². The summed E-state index contributed by atoms with van der Waals surface area (Å²) in [4.78, 5) is 0.489. The second-order valence-electron chi connectivity index (χ2n) is 4.04. The second-order valence-corrected chi connectivity index (χ2v) is 5.91. The van der Waals surface area contributed by atoms with Crippen molar-refractivity contribution in [3.63, 3.8) is 0 Å². The van der Waals surface area contributed by atoms with Gasteiger partial charge >= 0.3 is 0 Å². The zero-order valence-electron chi connectivity index (χ0n) is 10.6. The van der Waals surface area contributed by atoms with Gasteiger partial charge in [-0.05, 0) is 29.8 Å². The molecule has 0 aliphatic carbocycles. The van der Waals surface area contributed by atoms with E-state index in [0.29, 0.717) is 11.4 Å².